The molecule has 0 fully saturated rings. The Morgan fingerprint density at radius 1 is 0.383 bits per heavy atom. The van der Waals surface area contributed by atoms with Crippen molar-refractivity contribution in [2.75, 3.05) is 40.0 Å². The van der Waals surface area contributed by atoms with E-state index in [1.807, 2.05) is 0 Å². The van der Waals surface area contributed by atoms with Crippen molar-refractivity contribution in [3.05, 3.63) is 23.0 Å². The van der Waals surface area contributed by atoms with Crippen LogP contribution in [0.5, 0.6) is 0 Å². The van der Waals surface area contributed by atoms with Crippen LogP contribution in [0.25, 0.3) is 0 Å². The lowest BCUT2D eigenvalue weighted by Crippen LogP contribution is -2.25. The highest BCUT2D eigenvalue weighted by Crippen LogP contribution is 2.26. The standard InChI is InChI=1S/C40H78O7/c1-9-17-23-27-37(39(44-31-21-13-5)35(25-15-7)42-29-19-11-3)46-33-41-34-47-38(28-24-18-10-2)40(45-32-22-14-6)36(26-16-8)43-30-20-12-4/h37-38H,9-34H2,1-8H3. The lowest BCUT2D eigenvalue weighted by molar-refractivity contribution is -0.167. The first kappa shape index (κ1) is 45.6. The van der Waals surface area contributed by atoms with E-state index in [2.05, 4.69) is 55.4 Å². The zero-order chi connectivity index (χ0) is 34.8. The van der Waals surface area contributed by atoms with Crippen molar-refractivity contribution in [2.45, 2.75) is 196 Å². The summed E-state index contributed by atoms with van der Waals surface area (Å²) in [7, 11) is 0. The number of rotatable bonds is 36. The van der Waals surface area contributed by atoms with Gasteiger partial charge in [0, 0.05) is 12.8 Å². The smallest absolute Gasteiger partial charge is 0.162 e. The molecule has 0 aliphatic heterocycles. The van der Waals surface area contributed by atoms with Crippen LogP contribution in [0, 0.1) is 0 Å². The van der Waals surface area contributed by atoms with Crippen molar-refractivity contribution >= 4 is 0 Å². The van der Waals surface area contributed by atoms with E-state index in [0.717, 1.165) is 151 Å². The number of ether oxygens (including phenoxy) is 7. The quantitative estimate of drug-likeness (QED) is 0.0373. The minimum atomic E-state index is -0.210. The minimum Gasteiger partial charge on any atom is -0.494 e. The van der Waals surface area contributed by atoms with Crippen LogP contribution in [0.4, 0.5) is 0 Å². The van der Waals surface area contributed by atoms with Crippen molar-refractivity contribution in [3.63, 3.8) is 0 Å². The van der Waals surface area contributed by atoms with E-state index in [0.29, 0.717) is 26.4 Å². The molecule has 0 saturated heterocycles. The molecule has 0 aliphatic carbocycles. The summed E-state index contributed by atoms with van der Waals surface area (Å²) in [5.41, 5.74) is 0. The van der Waals surface area contributed by atoms with Gasteiger partial charge in [-0.15, -0.1) is 0 Å². The monoisotopic (exact) mass is 671 g/mol. The molecule has 47 heavy (non-hydrogen) atoms. The van der Waals surface area contributed by atoms with Gasteiger partial charge in [-0.3, -0.25) is 0 Å². The van der Waals surface area contributed by atoms with Crippen LogP contribution in [0.2, 0.25) is 0 Å². The Morgan fingerprint density at radius 3 is 1.04 bits per heavy atom. The Balaban J connectivity index is 5.92. The minimum absolute atomic E-state index is 0.123. The molecule has 7 heteroatoms. The van der Waals surface area contributed by atoms with E-state index in [-0.39, 0.29) is 25.8 Å². The Labute approximate surface area is 291 Å². The molecule has 0 N–H and O–H groups in total. The predicted octanol–water partition coefficient (Wildman–Crippen LogP) is 12.1. The van der Waals surface area contributed by atoms with Crippen molar-refractivity contribution in [2.24, 2.45) is 0 Å². The molecule has 0 aromatic carbocycles. The Morgan fingerprint density at radius 2 is 0.723 bits per heavy atom. The summed E-state index contributed by atoms with van der Waals surface area (Å²) < 4.78 is 44.5. The van der Waals surface area contributed by atoms with Gasteiger partial charge in [0.25, 0.3) is 0 Å². The van der Waals surface area contributed by atoms with E-state index in [4.69, 9.17) is 33.2 Å². The average molecular weight is 671 g/mol. The molecule has 0 rings (SSSR count). The van der Waals surface area contributed by atoms with Crippen molar-refractivity contribution in [1.82, 2.24) is 0 Å². The highest BCUT2D eigenvalue weighted by Gasteiger charge is 2.25. The van der Waals surface area contributed by atoms with Crippen LogP contribution >= 0.6 is 0 Å². The maximum atomic E-state index is 6.45. The summed E-state index contributed by atoms with van der Waals surface area (Å²) in [6.45, 7) is 20.6. The fourth-order valence-electron chi connectivity index (χ4n) is 5.06. The van der Waals surface area contributed by atoms with Gasteiger partial charge in [0.1, 0.15) is 23.7 Å². The van der Waals surface area contributed by atoms with E-state index in [1.54, 1.807) is 0 Å². The molecule has 280 valence electrons. The maximum absolute atomic E-state index is 6.45. The molecule has 0 saturated carbocycles. The van der Waals surface area contributed by atoms with E-state index < -0.39 is 0 Å². The van der Waals surface area contributed by atoms with Crippen LogP contribution in [0.15, 0.2) is 23.0 Å². The van der Waals surface area contributed by atoms with Gasteiger partial charge in [-0.2, -0.15) is 0 Å². The molecule has 0 aromatic rings. The number of hydrogen-bond acceptors (Lipinski definition) is 7. The Hall–Kier alpha value is -1.44. The van der Waals surface area contributed by atoms with E-state index in [9.17, 15) is 0 Å². The van der Waals surface area contributed by atoms with Gasteiger partial charge in [-0.05, 0) is 51.4 Å². The summed E-state index contributed by atoms with van der Waals surface area (Å²) in [4.78, 5) is 0. The molecule has 2 unspecified atom stereocenters. The first-order valence-corrected chi connectivity index (χ1v) is 19.9. The fourth-order valence-corrected chi connectivity index (χ4v) is 5.06. The normalized spacial score (nSPS) is 14.0. The first-order chi connectivity index (χ1) is 23.1. The molecule has 2 atom stereocenters. The largest absolute Gasteiger partial charge is 0.494 e. The Kier molecular flexibility index (Phi) is 33.4. The van der Waals surface area contributed by atoms with Crippen LogP contribution < -0.4 is 0 Å². The molecule has 0 amide bonds. The average Bonchev–Trinajstić information content (AvgIpc) is 3.07. The number of unbranched alkanes of at least 4 members (excludes halogenated alkanes) is 8. The SMILES string of the molecule is CCCCCC(OCOCOC(CCCCC)C(OCCCC)=C(CCC)OCCCC)C(OCCCC)=C(CCC)OCCCC. The van der Waals surface area contributed by atoms with Gasteiger partial charge in [0.15, 0.2) is 25.1 Å². The molecule has 7 nitrogen and oxygen atoms in total. The van der Waals surface area contributed by atoms with Crippen molar-refractivity contribution in [1.29, 1.82) is 0 Å². The second-order valence-corrected chi connectivity index (χ2v) is 12.6. The maximum Gasteiger partial charge on any atom is 0.162 e. The summed E-state index contributed by atoms with van der Waals surface area (Å²) in [6, 6.07) is 0. The van der Waals surface area contributed by atoms with Crippen LogP contribution in [-0.4, -0.2) is 52.2 Å². The number of allylic oxidation sites excluding steroid dienone is 2. The van der Waals surface area contributed by atoms with Gasteiger partial charge in [-0.25, -0.2) is 0 Å². The van der Waals surface area contributed by atoms with Crippen LogP contribution in [0.3, 0.4) is 0 Å². The van der Waals surface area contributed by atoms with Gasteiger partial charge >= 0.3 is 0 Å². The molecule has 0 heterocycles. The lowest BCUT2D eigenvalue weighted by atomic mass is 10.1. The molecule has 0 bridgehead atoms. The second kappa shape index (κ2) is 34.4. The fraction of sp³-hybridized carbons (Fsp3) is 0.900. The Bertz CT molecular complexity index is 676. The molecule has 0 aliphatic rings. The summed E-state index contributed by atoms with van der Waals surface area (Å²) in [5, 5.41) is 0. The van der Waals surface area contributed by atoms with E-state index in [1.165, 1.54) is 0 Å². The second-order valence-electron chi connectivity index (χ2n) is 12.6. The highest BCUT2D eigenvalue weighted by atomic mass is 16.7. The van der Waals surface area contributed by atoms with Gasteiger partial charge in [0.05, 0.1) is 26.4 Å². The molecule has 0 aromatic heterocycles. The summed E-state index contributed by atoms with van der Waals surface area (Å²) in [6.07, 6.45) is 20.1. The van der Waals surface area contributed by atoms with Crippen molar-refractivity contribution in [3.8, 4) is 0 Å². The topological polar surface area (TPSA) is 64.6 Å². The zero-order valence-electron chi connectivity index (χ0n) is 32.4. The molecule has 0 radical (unpaired) electrons. The summed E-state index contributed by atoms with van der Waals surface area (Å²) >= 11 is 0. The van der Waals surface area contributed by atoms with Crippen LogP contribution in [-0.2, 0) is 33.2 Å². The predicted molar refractivity (Wildman–Crippen MR) is 196 cm³/mol. The third kappa shape index (κ3) is 23.5. The first-order valence-electron chi connectivity index (χ1n) is 19.9. The third-order valence-corrected chi connectivity index (χ3v) is 7.99. The van der Waals surface area contributed by atoms with Crippen LogP contribution in [0.1, 0.15) is 184 Å². The van der Waals surface area contributed by atoms with Gasteiger partial charge in [0.2, 0.25) is 0 Å². The highest BCUT2D eigenvalue weighted by molar-refractivity contribution is 5.09. The lowest BCUT2D eigenvalue weighted by Gasteiger charge is -2.26. The van der Waals surface area contributed by atoms with Crippen molar-refractivity contribution < 1.29 is 33.2 Å². The molecular weight excluding hydrogens is 592 g/mol. The number of hydrogen-bond donors (Lipinski definition) is 0. The van der Waals surface area contributed by atoms with Gasteiger partial charge < -0.3 is 33.2 Å². The van der Waals surface area contributed by atoms with E-state index >= 15 is 0 Å². The summed E-state index contributed by atoms with van der Waals surface area (Å²) in [5.74, 6) is 3.60. The van der Waals surface area contributed by atoms with Gasteiger partial charge in [-0.1, -0.05) is 120 Å². The molecule has 0 spiro atoms. The third-order valence-electron chi connectivity index (χ3n) is 7.99. The zero-order valence-corrected chi connectivity index (χ0v) is 32.4. The molecular formula is C40H78O7.